The molecule has 1 aliphatic heterocycles. The zero-order valence-electron chi connectivity index (χ0n) is 13.8. The van der Waals surface area contributed by atoms with Gasteiger partial charge in [0.1, 0.15) is 17.2 Å². The molecule has 3 rings (SSSR count). The van der Waals surface area contributed by atoms with Crippen LogP contribution in [-0.4, -0.2) is 17.7 Å². The Kier molecular flexibility index (Phi) is 5.04. The molecule has 2 aromatic carbocycles. The van der Waals surface area contributed by atoms with Crippen molar-refractivity contribution in [2.75, 3.05) is 6.61 Å². The van der Waals surface area contributed by atoms with Gasteiger partial charge in [-0.15, -0.1) is 0 Å². The molecule has 0 aliphatic carbocycles. The van der Waals surface area contributed by atoms with Crippen LogP contribution in [0.1, 0.15) is 49.7 Å². The van der Waals surface area contributed by atoms with Crippen LogP contribution in [0.5, 0.6) is 17.2 Å². The molecule has 1 aliphatic rings. The summed E-state index contributed by atoms with van der Waals surface area (Å²) in [4.78, 5) is 11.9. The lowest BCUT2D eigenvalue weighted by Crippen LogP contribution is -2.20. The van der Waals surface area contributed by atoms with E-state index in [2.05, 4.69) is 6.92 Å². The van der Waals surface area contributed by atoms with E-state index >= 15 is 0 Å². The maximum atomic E-state index is 11.9. The molecule has 0 spiro atoms. The first-order valence-corrected chi connectivity index (χ1v) is 8.43. The van der Waals surface area contributed by atoms with Gasteiger partial charge in [0.25, 0.3) is 0 Å². The van der Waals surface area contributed by atoms with Gasteiger partial charge in [-0.05, 0) is 30.2 Å². The van der Waals surface area contributed by atoms with Crippen LogP contribution >= 0.6 is 0 Å². The zero-order chi connectivity index (χ0) is 16.9. The van der Waals surface area contributed by atoms with Crippen LogP contribution in [0.3, 0.4) is 0 Å². The highest BCUT2D eigenvalue weighted by Crippen LogP contribution is 2.40. The van der Waals surface area contributed by atoms with Crippen molar-refractivity contribution in [3.05, 3.63) is 53.6 Å². The van der Waals surface area contributed by atoms with E-state index in [9.17, 15) is 9.90 Å². The van der Waals surface area contributed by atoms with Crippen LogP contribution < -0.4 is 9.47 Å². The molecule has 4 nitrogen and oxygen atoms in total. The minimum atomic E-state index is -0.285. The van der Waals surface area contributed by atoms with Crippen LogP contribution in [0.15, 0.2) is 42.5 Å². The van der Waals surface area contributed by atoms with Gasteiger partial charge in [0.05, 0.1) is 13.0 Å². The molecule has 1 N–H and O–H groups in total. The number of hydrogen-bond donors (Lipinski definition) is 1. The highest BCUT2D eigenvalue weighted by molar-refractivity contribution is 5.78. The van der Waals surface area contributed by atoms with Crippen LogP contribution in [-0.2, 0) is 4.79 Å². The number of unbranched alkanes of at least 4 members (excludes halogenated alkanes) is 2. The number of hydrogen-bond acceptors (Lipinski definition) is 4. The maximum Gasteiger partial charge on any atom is 0.312 e. The second-order valence-electron chi connectivity index (χ2n) is 6.08. The van der Waals surface area contributed by atoms with Crippen molar-refractivity contribution < 1.29 is 19.4 Å². The van der Waals surface area contributed by atoms with Crippen LogP contribution in [0.25, 0.3) is 0 Å². The molecule has 1 atom stereocenters. The third-order valence-electron chi connectivity index (χ3n) is 4.24. The second-order valence-corrected chi connectivity index (χ2v) is 6.08. The molecule has 0 aromatic heterocycles. The normalized spacial score (nSPS) is 16.4. The lowest BCUT2D eigenvalue weighted by atomic mass is 9.86. The first-order chi connectivity index (χ1) is 11.7. The fourth-order valence-corrected chi connectivity index (χ4v) is 3.00. The first-order valence-electron chi connectivity index (χ1n) is 8.43. The highest BCUT2D eigenvalue weighted by atomic mass is 16.5. The molecule has 1 unspecified atom stereocenters. The Bertz CT molecular complexity index is 723. The highest BCUT2D eigenvalue weighted by Gasteiger charge is 2.28. The minimum absolute atomic E-state index is 0.0824. The second kappa shape index (κ2) is 7.39. The molecule has 0 saturated heterocycles. The van der Waals surface area contributed by atoms with Gasteiger partial charge in [-0.3, -0.25) is 4.79 Å². The molecule has 0 fully saturated rings. The largest absolute Gasteiger partial charge is 0.508 e. The summed E-state index contributed by atoms with van der Waals surface area (Å²) in [7, 11) is 0. The van der Waals surface area contributed by atoms with Crippen molar-refractivity contribution in [3.8, 4) is 17.2 Å². The number of benzene rings is 2. The summed E-state index contributed by atoms with van der Waals surface area (Å²) in [5, 5.41) is 9.60. The summed E-state index contributed by atoms with van der Waals surface area (Å²) in [5.74, 6) is 0.983. The van der Waals surface area contributed by atoms with Crippen molar-refractivity contribution in [2.45, 2.75) is 38.5 Å². The Hall–Kier alpha value is -2.49. The Balaban J connectivity index is 1.83. The number of ether oxygens (including phenoxy) is 2. The zero-order valence-corrected chi connectivity index (χ0v) is 13.8. The number of carbonyl (C=O) groups is 1. The number of rotatable bonds is 6. The van der Waals surface area contributed by atoms with E-state index in [4.69, 9.17) is 9.47 Å². The molecule has 24 heavy (non-hydrogen) atoms. The third kappa shape index (κ3) is 3.70. The third-order valence-corrected chi connectivity index (χ3v) is 4.24. The van der Waals surface area contributed by atoms with E-state index in [1.165, 1.54) is 6.07 Å². The Labute approximate surface area is 142 Å². The molecule has 0 bridgehead atoms. The standard InChI is InChI=1S/C20H22O4/c1-2-3-4-10-23-16-7-5-6-14(11-16)18-13-20(22)24-19-12-15(21)8-9-17(18)19/h5-9,11-12,18,21H,2-4,10,13H2,1H3. The number of esters is 1. The van der Waals surface area contributed by atoms with Gasteiger partial charge < -0.3 is 14.6 Å². The number of aromatic hydroxyl groups is 1. The number of carbonyl (C=O) groups excluding carboxylic acids is 1. The minimum Gasteiger partial charge on any atom is -0.508 e. The Morgan fingerprint density at radius 3 is 2.92 bits per heavy atom. The SMILES string of the molecule is CCCCCOc1cccc(C2CC(=O)Oc3cc(O)ccc32)c1. The smallest absolute Gasteiger partial charge is 0.312 e. The lowest BCUT2D eigenvalue weighted by molar-refractivity contribution is -0.135. The van der Waals surface area contributed by atoms with Crippen molar-refractivity contribution in [1.29, 1.82) is 0 Å². The summed E-state index contributed by atoms with van der Waals surface area (Å²) in [6, 6.07) is 12.8. The molecular formula is C20H22O4. The average molecular weight is 326 g/mol. The van der Waals surface area contributed by atoms with E-state index in [0.29, 0.717) is 12.4 Å². The molecule has 0 amide bonds. The van der Waals surface area contributed by atoms with E-state index < -0.39 is 0 Å². The quantitative estimate of drug-likeness (QED) is 0.485. The molecule has 4 heteroatoms. The fraction of sp³-hybridized carbons (Fsp3) is 0.350. The molecular weight excluding hydrogens is 304 g/mol. The summed E-state index contributed by atoms with van der Waals surface area (Å²) < 4.78 is 11.1. The Morgan fingerprint density at radius 2 is 2.08 bits per heavy atom. The molecule has 126 valence electrons. The van der Waals surface area contributed by atoms with Crippen molar-refractivity contribution in [1.82, 2.24) is 0 Å². The first kappa shape index (κ1) is 16.4. The van der Waals surface area contributed by atoms with Gasteiger partial charge >= 0.3 is 5.97 Å². The maximum absolute atomic E-state index is 11.9. The van der Waals surface area contributed by atoms with E-state index in [0.717, 1.165) is 36.1 Å². The van der Waals surface area contributed by atoms with Gasteiger partial charge in [-0.1, -0.05) is 38.0 Å². The van der Waals surface area contributed by atoms with Gasteiger partial charge in [-0.25, -0.2) is 0 Å². The molecule has 0 radical (unpaired) electrons. The summed E-state index contributed by atoms with van der Waals surface area (Å²) in [5.41, 5.74) is 1.93. The average Bonchev–Trinajstić information content (AvgIpc) is 2.58. The number of phenolic OH excluding ortho intramolecular Hbond substituents is 1. The lowest BCUT2D eigenvalue weighted by Gasteiger charge is -2.25. The number of phenols is 1. The van der Waals surface area contributed by atoms with Crippen LogP contribution in [0, 0.1) is 0 Å². The van der Waals surface area contributed by atoms with Crippen molar-refractivity contribution in [2.24, 2.45) is 0 Å². The predicted octanol–water partition coefficient (Wildman–Crippen LogP) is 4.40. The van der Waals surface area contributed by atoms with Gasteiger partial charge in [-0.2, -0.15) is 0 Å². The predicted molar refractivity (Wildman–Crippen MR) is 91.7 cm³/mol. The van der Waals surface area contributed by atoms with E-state index in [1.807, 2.05) is 30.3 Å². The Morgan fingerprint density at radius 1 is 1.21 bits per heavy atom. The van der Waals surface area contributed by atoms with Crippen LogP contribution in [0.4, 0.5) is 0 Å². The molecule has 1 heterocycles. The van der Waals surface area contributed by atoms with Crippen LogP contribution in [0.2, 0.25) is 0 Å². The fourth-order valence-electron chi connectivity index (χ4n) is 3.00. The monoisotopic (exact) mass is 326 g/mol. The van der Waals surface area contributed by atoms with Gasteiger partial charge in [0.15, 0.2) is 0 Å². The van der Waals surface area contributed by atoms with E-state index in [1.54, 1.807) is 6.07 Å². The summed E-state index contributed by atoms with van der Waals surface area (Å²) in [6.45, 7) is 2.87. The van der Waals surface area contributed by atoms with Crippen molar-refractivity contribution >= 4 is 5.97 Å². The van der Waals surface area contributed by atoms with E-state index in [-0.39, 0.29) is 24.1 Å². The van der Waals surface area contributed by atoms with Gasteiger partial charge in [0.2, 0.25) is 0 Å². The molecule has 0 saturated carbocycles. The van der Waals surface area contributed by atoms with Gasteiger partial charge in [0, 0.05) is 17.5 Å². The topological polar surface area (TPSA) is 55.8 Å². The summed E-state index contributed by atoms with van der Waals surface area (Å²) >= 11 is 0. The van der Waals surface area contributed by atoms with Crippen molar-refractivity contribution in [3.63, 3.8) is 0 Å². The summed E-state index contributed by atoms with van der Waals surface area (Å²) in [6.07, 6.45) is 3.65. The number of fused-ring (bicyclic) bond motifs is 1. The molecule has 2 aromatic rings.